The van der Waals surface area contributed by atoms with Gasteiger partial charge in [0.1, 0.15) is 6.61 Å². The average molecular weight is 402 g/mol. The van der Waals surface area contributed by atoms with Crippen LogP contribution >= 0.6 is 0 Å². The zero-order valence-electron chi connectivity index (χ0n) is 17.4. The number of allylic oxidation sites excluding steroid dienone is 4. The van der Waals surface area contributed by atoms with Crippen molar-refractivity contribution in [1.29, 1.82) is 0 Å². The molecule has 0 amide bonds. The molecule has 1 aliphatic heterocycles. The molecule has 2 saturated carbocycles. The van der Waals surface area contributed by atoms with Crippen molar-refractivity contribution in [2.75, 3.05) is 6.61 Å². The van der Waals surface area contributed by atoms with Crippen LogP contribution in [0.1, 0.15) is 59.3 Å². The van der Waals surface area contributed by atoms with E-state index in [1.165, 1.54) is 11.1 Å². The van der Waals surface area contributed by atoms with Crippen LogP contribution in [0.4, 0.5) is 0 Å². The lowest BCUT2D eigenvalue weighted by Crippen LogP contribution is -2.51. The number of fused-ring (bicyclic) bond motifs is 7. The first kappa shape index (κ1) is 20.5. The number of aliphatic hydroxyl groups is 1. The second-order valence-corrected chi connectivity index (χ2v) is 9.68. The van der Waals surface area contributed by atoms with Crippen LogP contribution in [0.5, 0.6) is 0 Å². The van der Waals surface area contributed by atoms with Crippen LogP contribution in [0, 0.1) is 22.7 Å². The SMILES string of the molecule is CC(=O)O.C[C@]12CCC(=O)C=C1CC[C@@H]1C2=CC[C@@]2(C)[C@H]1C[C@H]1O[C@]12C(=O)CO. The summed E-state index contributed by atoms with van der Waals surface area (Å²) in [7, 11) is 0. The van der Waals surface area contributed by atoms with Gasteiger partial charge < -0.3 is 14.9 Å². The maximum Gasteiger partial charge on any atom is 0.300 e. The summed E-state index contributed by atoms with van der Waals surface area (Å²) in [6, 6.07) is 0. The van der Waals surface area contributed by atoms with Crippen molar-refractivity contribution in [3.63, 3.8) is 0 Å². The smallest absolute Gasteiger partial charge is 0.300 e. The first-order chi connectivity index (χ1) is 13.6. The van der Waals surface area contributed by atoms with Crippen LogP contribution in [0.25, 0.3) is 0 Å². The van der Waals surface area contributed by atoms with Crippen molar-refractivity contribution >= 4 is 17.5 Å². The number of ether oxygens (including phenoxy) is 1. The minimum absolute atomic E-state index is 0.00687. The van der Waals surface area contributed by atoms with Crippen LogP contribution in [-0.2, 0) is 19.1 Å². The van der Waals surface area contributed by atoms with Gasteiger partial charge in [-0.05, 0) is 50.0 Å². The van der Waals surface area contributed by atoms with Crippen LogP contribution in [0.2, 0.25) is 0 Å². The maximum absolute atomic E-state index is 12.5. The lowest BCUT2D eigenvalue weighted by Gasteiger charge is -2.53. The molecule has 1 heterocycles. The highest BCUT2D eigenvalue weighted by Gasteiger charge is 2.79. The summed E-state index contributed by atoms with van der Waals surface area (Å²) in [5.74, 6) is 0.229. The molecule has 3 fully saturated rings. The van der Waals surface area contributed by atoms with Crippen LogP contribution in [-0.4, -0.2) is 46.1 Å². The Hall–Kier alpha value is -1.79. The second-order valence-electron chi connectivity index (χ2n) is 9.68. The summed E-state index contributed by atoms with van der Waals surface area (Å²) in [6.45, 7) is 5.17. The Morgan fingerprint density at radius 3 is 2.62 bits per heavy atom. The number of carbonyl (C=O) groups is 3. The van der Waals surface area contributed by atoms with E-state index in [0.29, 0.717) is 18.3 Å². The number of carbonyl (C=O) groups excluding carboxylic acids is 2. The summed E-state index contributed by atoms with van der Waals surface area (Å²) in [5, 5.41) is 16.9. The molecule has 0 unspecified atom stereocenters. The molecule has 1 saturated heterocycles. The van der Waals surface area contributed by atoms with Crippen molar-refractivity contribution in [2.45, 2.75) is 71.0 Å². The first-order valence-corrected chi connectivity index (χ1v) is 10.6. The van der Waals surface area contributed by atoms with Crippen molar-refractivity contribution in [2.24, 2.45) is 22.7 Å². The molecule has 0 spiro atoms. The summed E-state index contributed by atoms with van der Waals surface area (Å²) < 4.78 is 5.90. The second kappa shape index (κ2) is 6.61. The summed E-state index contributed by atoms with van der Waals surface area (Å²) >= 11 is 0. The van der Waals surface area contributed by atoms with E-state index in [4.69, 9.17) is 14.6 Å². The van der Waals surface area contributed by atoms with E-state index in [0.717, 1.165) is 39.0 Å². The number of carboxylic acids is 1. The van der Waals surface area contributed by atoms with Gasteiger partial charge in [0.05, 0.1) is 6.10 Å². The molecule has 29 heavy (non-hydrogen) atoms. The Kier molecular flexibility index (Phi) is 4.67. The third-order valence-corrected chi connectivity index (χ3v) is 8.33. The molecule has 6 heteroatoms. The van der Waals surface area contributed by atoms with Gasteiger partial charge >= 0.3 is 0 Å². The highest BCUT2D eigenvalue weighted by atomic mass is 16.6. The van der Waals surface area contributed by atoms with Gasteiger partial charge in [0.2, 0.25) is 0 Å². The number of hydrogen-bond donors (Lipinski definition) is 2. The molecule has 158 valence electrons. The van der Waals surface area contributed by atoms with Gasteiger partial charge in [-0.2, -0.15) is 0 Å². The molecule has 4 aliphatic carbocycles. The van der Waals surface area contributed by atoms with E-state index in [1.807, 2.05) is 6.08 Å². The predicted molar refractivity (Wildman–Crippen MR) is 105 cm³/mol. The van der Waals surface area contributed by atoms with E-state index >= 15 is 0 Å². The largest absolute Gasteiger partial charge is 0.481 e. The Bertz CT molecular complexity index is 836. The Morgan fingerprint density at radius 1 is 1.28 bits per heavy atom. The van der Waals surface area contributed by atoms with Gasteiger partial charge in [-0.3, -0.25) is 14.4 Å². The minimum atomic E-state index is -0.833. The molecule has 0 aromatic carbocycles. The van der Waals surface area contributed by atoms with Gasteiger partial charge in [-0.15, -0.1) is 0 Å². The monoisotopic (exact) mass is 402 g/mol. The highest BCUT2D eigenvalue weighted by Crippen LogP contribution is 2.72. The zero-order valence-corrected chi connectivity index (χ0v) is 17.4. The van der Waals surface area contributed by atoms with Crippen LogP contribution in [0.15, 0.2) is 23.3 Å². The number of aliphatic carboxylic acids is 1. The summed E-state index contributed by atoms with van der Waals surface area (Å²) in [5.41, 5.74) is 1.91. The molecular weight excluding hydrogens is 372 g/mol. The first-order valence-electron chi connectivity index (χ1n) is 10.6. The number of carboxylic acid groups (broad SMARTS) is 1. The minimum Gasteiger partial charge on any atom is -0.481 e. The van der Waals surface area contributed by atoms with Crippen molar-refractivity contribution in [3.05, 3.63) is 23.3 Å². The molecule has 6 atom stereocenters. The van der Waals surface area contributed by atoms with Gasteiger partial charge in [0.25, 0.3) is 5.97 Å². The number of Topliss-reactive ketones (excluding diaryl/α,β-unsaturated/α-hetero) is 1. The lowest BCUT2D eigenvalue weighted by atomic mass is 9.50. The van der Waals surface area contributed by atoms with Crippen molar-refractivity contribution in [3.8, 4) is 0 Å². The van der Waals surface area contributed by atoms with Crippen molar-refractivity contribution < 1.29 is 29.3 Å². The van der Waals surface area contributed by atoms with Crippen LogP contribution < -0.4 is 0 Å². The van der Waals surface area contributed by atoms with E-state index in [-0.39, 0.29) is 28.5 Å². The predicted octanol–water partition coefficient (Wildman–Crippen LogP) is 2.84. The van der Waals surface area contributed by atoms with Gasteiger partial charge in [-0.25, -0.2) is 0 Å². The number of hydrogen-bond acceptors (Lipinski definition) is 5. The molecule has 0 aromatic heterocycles. The lowest BCUT2D eigenvalue weighted by molar-refractivity contribution is -0.135. The van der Waals surface area contributed by atoms with E-state index in [9.17, 15) is 14.7 Å². The zero-order chi connectivity index (χ0) is 21.2. The molecular formula is C23H30O6. The number of ketones is 2. The Balaban J connectivity index is 0.000000472. The standard InChI is InChI=1S/C21H26O4.C2H4O2/c1-19-7-5-13(23)9-12(19)3-4-14-15(19)6-8-20(2)16(14)10-18-21(20,25-18)17(24)11-22;1-2(3)4/h6,9,14,16,18,22H,3-5,7-8,10-11H2,1-2H3;1H3,(H,3,4)/t14-,16+,18-,19+,20+,21-;/m1./s1. The fraction of sp³-hybridized carbons (Fsp3) is 0.696. The summed E-state index contributed by atoms with van der Waals surface area (Å²) in [4.78, 5) is 33.4. The fourth-order valence-electron chi connectivity index (χ4n) is 6.90. The normalized spacial score (nSPS) is 44.0. The number of rotatable bonds is 2. The average Bonchev–Trinajstić information content (AvgIpc) is 3.33. The molecule has 0 aromatic rings. The van der Waals surface area contributed by atoms with Crippen molar-refractivity contribution in [1.82, 2.24) is 0 Å². The molecule has 0 bridgehead atoms. The third kappa shape index (κ3) is 2.72. The topological polar surface area (TPSA) is 104 Å². The van der Waals surface area contributed by atoms with E-state index < -0.39 is 18.2 Å². The Labute approximate surface area is 171 Å². The molecule has 0 radical (unpaired) electrons. The van der Waals surface area contributed by atoms with Crippen LogP contribution in [0.3, 0.4) is 0 Å². The summed E-state index contributed by atoms with van der Waals surface area (Å²) in [6.07, 6.45) is 9.64. The molecule has 5 aliphatic rings. The molecule has 2 N–H and O–H groups in total. The maximum atomic E-state index is 12.5. The highest BCUT2D eigenvalue weighted by molar-refractivity contribution is 5.93. The third-order valence-electron chi connectivity index (χ3n) is 8.33. The van der Waals surface area contributed by atoms with Gasteiger partial charge in [-0.1, -0.05) is 31.1 Å². The number of aliphatic hydroxyl groups excluding tert-OH is 1. The number of epoxide rings is 1. The van der Waals surface area contributed by atoms with E-state index in [2.05, 4.69) is 19.9 Å². The van der Waals surface area contributed by atoms with E-state index in [1.54, 1.807) is 0 Å². The quantitative estimate of drug-likeness (QED) is 0.544. The molecule has 6 nitrogen and oxygen atoms in total. The fourth-order valence-corrected chi connectivity index (χ4v) is 6.90. The Morgan fingerprint density at radius 2 is 1.97 bits per heavy atom. The van der Waals surface area contributed by atoms with Gasteiger partial charge in [0.15, 0.2) is 17.2 Å². The molecule has 5 rings (SSSR count). The van der Waals surface area contributed by atoms with Gasteiger partial charge in [0, 0.05) is 24.2 Å².